The zero-order valence-electron chi connectivity index (χ0n) is 16.6. The van der Waals surface area contributed by atoms with Crippen LogP contribution in [-0.2, 0) is 35.2 Å². The second kappa shape index (κ2) is 8.89. The molecule has 0 spiro atoms. The van der Waals surface area contributed by atoms with Crippen LogP contribution in [0, 0.1) is 0 Å². The summed E-state index contributed by atoms with van der Waals surface area (Å²) in [5.41, 5.74) is 2.76. The highest BCUT2D eigenvalue weighted by molar-refractivity contribution is 5.69. The van der Waals surface area contributed by atoms with Gasteiger partial charge in [-0.1, -0.05) is 31.2 Å². The zero-order chi connectivity index (χ0) is 21.0. The summed E-state index contributed by atoms with van der Waals surface area (Å²) in [6.45, 7) is 1.85. The van der Waals surface area contributed by atoms with Crippen molar-refractivity contribution in [1.29, 1.82) is 0 Å². The van der Waals surface area contributed by atoms with E-state index < -0.39 is 11.7 Å². The lowest BCUT2D eigenvalue weighted by Gasteiger charge is -2.18. The lowest BCUT2D eigenvalue weighted by molar-refractivity contribution is -0.141. The molecule has 1 aliphatic carbocycles. The Bertz CT molecular complexity index is 870. The molecule has 1 fully saturated rings. The van der Waals surface area contributed by atoms with Gasteiger partial charge in [-0.2, -0.15) is 13.2 Å². The summed E-state index contributed by atoms with van der Waals surface area (Å²) in [5.74, 6) is -0.0707. The van der Waals surface area contributed by atoms with Gasteiger partial charge in [-0.15, -0.1) is 0 Å². The third-order valence-electron chi connectivity index (χ3n) is 5.28. The van der Waals surface area contributed by atoms with Crippen LogP contribution in [0.15, 0.2) is 36.4 Å². The Kier molecular flexibility index (Phi) is 6.50. The number of benzene rings is 2. The number of aryl methyl sites for hydroxylation is 2. The van der Waals surface area contributed by atoms with Gasteiger partial charge >= 0.3 is 12.1 Å². The fraction of sp³-hybridized carbons (Fsp3) is 0.435. The van der Waals surface area contributed by atoms with Crippen molar-refractivity contribution in [2.75, 3.05) is 7.11 Å². The van der Waals surface area contributed by atoms with E-state index in [9.17, 15) is 18.0 Å². The fourth-order valence-electron chi connectivity index (χ4n) is 3.47. The second-order valence-corrected chi connectivity index (χ2v) is 7.31. The van der Waals surface area contributed by atoms with Gasteiger partial charge in [0.2, 0.25) is 0 Å². The number of hydrogen-bond acceptors (Lipinski definition) is 3. The van der Waals surface area contributed by atoms with Crippen LogP contribution >= 0.6 is 0 Å². The number of halogens is 3. The number of rotatable bonds is 8. The Labute approximate surface area is 168 Å². The maximum atomic E-state index is 13.5. The van der Waals surface area contributed by atoms with Gasteiger partial charge in [0.25, 0.3) is 0 Å². The molecule has 0 unspecified atom stereocenters. The number of carbonyl (C=O) groups excluding carboxylic acids is 1. The first-order valence-electron chi connectivity index (χ1n) is 9.83. The van der Waals surface area contributed by atoms with Crippen molar-refractivity contribution in [2.45, 2.75) is 57.7 Å². The van der Waals surface area contributed by atoms with Gasteiger partial charge in [-0.05, 0) is 66.0 Å². The number of esters is 1. The monoisotopic (exact) mass is 406 g/mol. The van der Waals surface area contributed by atoms with E-state index in [4.69, 9.17) is 9.47 Å². The van der Waals surface area contributed by atoms with Crippen LogP contribution in [0.1, 0.15) is 59.9 Å². The van der Waals surface area contributed by atoms with Gasteiger partial charge in [0.15, 0.2) is 0 Å². The van der Waals surface area contributed by atoms with Crippen LogP contribution in [0.25, 0.3) is 0 Å². The molecule has 0 aliphatic heterocycles. The van der Waals surface area contributed by atoms with Gasteiger partial charge in [0.1, 0.15) is 12.4 Å². The lowest BCUT2D eigenvalue weighted by Crippen LogP contribution is -2.11. The molecule has 2 aromatic carbocycles. The van der Waals surface area contributed by atoms with Crippen molar-refractivity contribution in [2.24, 2.45) is 0 Å². The summed E-state index contributed by atoms with van der Waals surface area (Å²) in [6, 6.07) is 10.0. The van der Waals surface area contributed by atoms with Crippen LogP contribution in [0.2, 0.25) is 0 Å². The molecule has 0 bridgehead atoms. The predicted molar refractivity (Wildman–Crippen MR) is 104 cm³/mol. The SMILES string of the molecule is CCc1ccc(OCc2c(CCC(=O)OC)cccc2C2CC2)c(C(F)(F)F)c1. The predicted octanol–water partition coefficient (Wildman–Crippen LogP) is 5.83. The Morgan fingerprint density at radius 2 is 1.93 bits per heavy atom. The number of carbonyl (C=O) groups is 1. The van der Waals surface area contributed by atoms with Crippen LogP contribution in [-0.4, -0.2) is 13.1 Å². The molecule has 3 rings (SSSR count). The maximum Gasteiger partial charge on any atom is 0.419 e. The molecule has 3 nitrogen and oxygen atoms in total. The maximum absolute atomic E-state index is 13.5. The molecule has 0 atom stereocenters. The molecule has 0 saturated heterocycles. The summed E-state index contributed by atoms with van der Waals surface area (Å²) in [5, 5.41) is 0. The van der Waals surface area contributed by atoms with Gasteiger partial charge in [0.05, 0.1) is 12.7 Å². The Morgan fingerprint density at radius 3 is 2.55 bits per heavy atom. The fourth-order valence-corrected chi connectivity index (χ4v) is 3.47. The van der Waals surface area contributed by atoms with Crippen LogP contribution in [0.4, 0.5) is 13.2 Å². The summed E-state index contributed by atoms with van der Waals surface area (Å²) < 4.78 is 50.9. The van der Waals surface area contributed by atoms with E-state index in [1.807, 2.05) is 25.1 Å². The normalized spacial score (nSPS) is 14.0. The van der Waals surface area contributed by atoms with Crippen molar-refractivity contribution in [3.63, 3.8) is 0 Å². The first-order chi connectivity index (χ1) is 13.8. The molecule has 0 N–H and O–H groups in total. The summed E-state index contributed by atoms with van der Waals surface area (Å²) >= 11 is 0. The van der Waals surface area contributed by atoms with Crippen molar-refractivity contribution < 1.29 is 27.4 Å². The number of hydrogen-bond donors (Lipinski definition) is 0. The van der Waals surface area contributed by atoms with Crippen LogP contribution < -0.4 is 4.74 Å². The molecular formula is C23H25F3O3. The summed E-state index contributed by atoms with van der Waals surface area (Å²) in [4.78, 5) is 11.5. The Morgan fingerprint density at radius 1 is 1.17 bits per heavy atom. The number of methoxy groups -OCH3 is 1. The minimum absolute atomic E-state index is 0.0394. The molecule has 0 radical (unpaired) electrons. The van der Waals surface area contributed by atoms with E-state index in [0.717, 1.165) is 35.6 Å². The van der Waals surface area contributed by atoms with Crippen LogP contribution in [0.3, 0.4) is 0 Å². The van der Waals surface area contributed by atoms with E-state index in [-0.39, 0.29) is 24.7 Å². The van der Waals surface area contributed by atoms with Crippen molar-refractivity contribution >= 4 is 5.97 Å². The quantitative estimate of drug-likeness (QED) is 0.518. The van der Waals surface area contributed by atoms with Gasteiger partial charge in [-0.25, -0.2) is 0 Å². The average Bonchev–Trinajstić information content (AvgIpc) is 3.55. The van der Waals surface area contributed by atoms with Gasteiger partial charge in [0, 0.05) is 6.42 Å². The Hall–Kier alpha value is -2.50. The molecule has 6 heteroatoms. The second-order valence-electron chi connectivity index (χ2n) is 7.31. The third-order valence-corrected chi connectivity index (χ3v) is 5.28. The smallest absolute Gasteiger partial charge is 0.419 e. The summed E-state index contributed by atoms with van der Waals surface area (Å²) in [6.07, 6.45) is -1.15. The molecule has 1 saturated carbocycles. The molecule has 2 aromatic rings. The Balaban J connectivity index is 1.87. The van der Waals surface area contributed by atoms with E-state index in [0.29, 0.717) is 24.3 Å². The van der Waals surface area contributed by atoms with Crippen molar-refractivity contribution in [3.05, 3.63) is 64.2 Å². The van der Waals surface area contributed by atoms with Gasteiger partial charge in [-0.3, -0.25) is 4.79 Å². The molecule has 1 aliphatic rings. The number of ether oxygens (including phenoxy) is 2. The topological polar surface area (TPSA) is 35.5 Å². The zero-order valence-corrected chi connectivity index (χ0v) is 16.6. The highest BCUT2D eigenvalue weighted by atomic mass is 19.4. The van der Waals surface area contributed by atoms with E-state index in [1.165, 1.54) is 13.2 Å². The molecule has 29 heavy (non-hydrogen) atoms. The molecule has 0 aromatic heterocycles. The van der Waals surface area contributed by atoms with E-state index >= 15 is 0 Å². The van der Waals surface area contributed by atoms with Crippen molar-refractivity contribution in [3.8, 4) is 5.75 Å². The van der Waals surface area contributed by atoms with E-state index in [2.05, 4.69) is 0 Å². The highest BCUT2D eigenvalue weighted by Crippen LogP contribution is 2.43. The van der Waals surface area contributed by atoms with Gasteiger partial charge < -0.3 is 9.47 Å². The van der Waals surface area contributed by atoms with Crippen molar-refractivity contribution in [1.82, 2.24) is 0 Å². The number of alkyl halides is 3. The van der Waals surface area contributed by atoms with Crippen LogP contribution in [0.5, 0.6) is 5.75 Å². The minimum atomic E-state index is -4.48. The first-order valence-corrected chi connectivity index (χ1v) is 9.83. The van der Waals surface area contributed by atoms with E-state index in [1.54, 1.807) is 6.07 Å². The first kappa shape index (κ1) is 21.2. The highest BCUT2D eigenvalue weighted by Gasteiger charge is 2.35. The largest absolute Gasteiger partial charge is 0.488 e. The lowest BCUT2D eigenvalue weighted by atomic mass is 9.95. The standard InChI is InChI=1S/C23H25F3O3/c1-3-15-7-11-21(20(13-15)23(24,25)26)29-14-19-16(10-12-22(27)28-2)5-4-6-18(19)17-8-9-17/h4-7,11,13,17H,3,8-10,12,14H2,1-2H3. The average molecular weight is 406 g/mol. The molecule has 156 valence electrons. The third kappa shape index (κ3) is 5.31. The molecular weight excluding hydrogens is 381 g/mol. The summed E-state index contributed by atoms with van der Waals surface area (Å²) in [7, 11) is 1.34. The molecule has 0 heterocycles. The minimum Gasteiger partial charge on any atom is -0.488 e. The molecule has 0 amide bonds.